The van der Waals surface area contributed by atoms with E-state index in [1.165, 1.54) is 0 Å². The van der Waals surface area contributed by atoms with E-state index >= 15 is 0 Å². The second-order valence-corrected chi connectivity index (χ2v) is 5.96. The number of hydrogen-bond donors (Lipinski definition) is 3. The van der Waals surface area contributed by atoms with Crippen LogP contribution in [0.3, 0.4) is 0 Å². The molecule has 128 valence electrons. The lowest BCUT2D eigenvalue weighted by Gasteiger charge is -2.13. The van der Waals surface area contributed by atoms with Crippen molar-refractivity contribution in [1.82, 2.24) is 15.2 Å². The summed E-state index contributed by atoms with van der Waals surface area (Å²) in [5.74, 6) is -0.115. The molecule has 0 fully saturated rings. The van der Waals surface area contributed by atoms with Crippen LogP contribution in [0.4, 0.5) is 10.5 Å². The number of aryl methyl sites for hydroxylation is 1. The smallest absolute Gasteiger partial charge is 0.319 e. The van der Waals surface area contributed by atoms with Crippen LogP contribution in [0.5, 0.6) is 0 Å². The quantitative estimate of drug-likeness (QED) is 0.763. The molecule has 0 atom stereocenters. The minimum atomic E-state index is -0.260. The first-order valence-corrected chi connectivity index (χ1v) is 8.03. The van der Waals surface area contributed by atoms with Crippen molar-refractivity contribution in [2.75, 3.05) is 11.9 Å². The Morgan fingerprint density at radius 2 is 1.88 bits per heavy atom. The van der Waals surface area contributed by atoms with Gasteiger partial charge in [0, 0.05) is 42.8 Å². The summed E-state index contributed by atoms with van der Waals surface area (Å²) in [4.78, 5) is 23.9. The van der Waals surface area contributed by atoms with Crippen LogP contribution < -0.4 is 16.0 Å². The Balaban J connectivity index is 1.87. The van der Waals surface area contributed by atoms with Crippen LogP contribution in [0, 0.1) is 6.92 Å². The number of hydrogen-bond acceptors (Lipinski definition) is 2. The van der Waals surface area contributed by atoms with Gasteiger partial charge < -0.3 is 20.5 Å². The molecular formula is C18H24N4O2. The highest BCUT2D eigenvalue weighted by Gasteiger charge is 2.10. The number of rotatable bonds is 6. The fraction of sp³-hybridized carbons (Fsp3) is 0.333. The average molecular weight is 328 g/mol. The minimum absolute atomic E-state index is 0.0849. The molecule has 6 nitrogen and oxygen atoms in total. The maximum Gasteiger partial charge on any atom is 0.319 e. The van der Waals surface area contributed by atoms with Gasteiger partial charge in [0.1, 0.15) is 0 Å². The highest BCUT2D eigenvalue weighted by atomic mass is 16.2. The van der Waals surface area contributed by atoms with Gasteiger partial charge >= 0.3 is 6.03 Å². The van der Waals surface area contributed by atoms with Crippen LogP contribution in [0.25, 0.3) is 0 Å². The monoisotopic (exact) mass is 328 g/mol. The Bertz CT molecular complexity index is 693. The molecule has 2 aromatic rings. The highest BCUT2D eigenvalue weighted by Crippen LogP contribution is 2.16. The van der Waals surface area contributed by atoms with Gasteiger partial charge in [0.05, 0.1) is 0 Å². The molecule has 0 spiro atoms. The molecule has 3 amide bonds. The van der Waals surface area contributed by atoms with Gasteiger partial charge in [-0.3, -0.25) is 4.79 Å². The van der Waals surface area contributed by atoms with Crippen molar-refractivity contribution in [3.63, 3.8) is 0 Å². The predicted octanol–water partition coefficient (Wildman–Crippen LogP) is 2.76. The van der Waals surface area contributed by atoms with Gasteiger partial charge in [0.15, 0.2) is 0 Å². The first-order chi connectivity index (χ1) is 11.5. The van der Waals surface area contributed by atoms with Gasteiger partial charge in [-0.25, -0.2) is 4.79 Å². The fourth-order valence-electron chi connectivity index (χ4n) is 2.27. The molecule has 1 aromatic carbocycles. The molecule has 0 aliphatic heterocycles. The summed E-state index contributed by atoms with van der Waals surface area (Å²) >= 11 is 0. The van der Waals surface area contributed by atoms with Gasteiger partial charge in [-0.15, -0.1) is 0 Å². The maximum atomic E-state index is 12.0. The van der Waals surface area contributed by atoms with E-state index in [1.54, 1.807) is 18.2 Å². The van der Waals surface area contributed by atoms with Gasteiger partial charge in [0.2, 0.25) is 0 Å². The SMILES string of the molecule is Cc1cc(C(=O)NC(C)C)ccc1NC(=O)NCCn1cccc1. The number of nitrogens with zero attached hydrogens (tertiary/aromatic N) is 1. The maximum absolute atomic E-state index is 12.0. The Labute approximate surface area is 142 Å². The zero-order valence-corrected chi connectivity index (χ0v) is 14.3. The molecule has 6 heteroatoms. The highest BCUT2D eigenvalue weighted by molar-refractivity contribution is 5.96. The van der Waals surface area contributed by atoms with E-state index in [0.29, 0.717) is 24.3 Å². The number of benzene rings is 1. The van der Waals surface area contributed by atoms with Crippen LogP contribution in [-0.4, -0.2) is 29.1 Å². The predicted molar refractivity (Wildman–Crippen MR) is 95.2 cm³/mol. The van der Waals surface area contributed by atoms with Crippen molar-refractivity contribution >= 4 is 17.6 Å². The largest absolute Gasteiger partial charge is 0.353 e. The lowest BCUT2D eigenvalue weighted by molar-refractivity contribution is 0.0943. The van der Waals surface area contributed by atoms with E-state index in [0.717, 1.165) is 5.56 Å². The normalized spacial score (nSPS) is 10.5. The molecule has 0 bridgehead atoms. The van der Waals surface area contributed by atoms with Crippen molar-refractivity contribution in [3.8, 4) is 0 Å². The van der Waals surface area contributed by atoms with E-state index in [1.807, 2.05) is 49.9 Å². The van der Waals surface area contributed by atoms with E-state index in [-0.39, 0.29) is 18.0 Å². The van der Waals surface area contributed by atoms with Crippen molar-refractivity contribution < 1.29 is 9.59 Å². The summed E-state index contributed by atoms with van der Waals surface area (Å²) in [6.07, 6.45) is 3.90. The average Bonchev–Trinajstić information content (AvgIpc) is 3.02. The standard InChI is InChI=1S/C18H24N4O2/c1-13(2)20-17(23)15-6-7-16(14(3)12-15)21-18(24)19-8-11-22-9-4-5-10-22/h4-7,9-10,12-13H,8,11H2,1-3H3,(H,20,23)(H2,19,21,24). The number of amides is 3. The summed E-state index contributed by atoms with van der Waals surface area (Å²) in [7, 11) is 0. The van der Waals surface area contributed by atoms with Gasteiger partial charge in [-0.05, 0) is 56.7 Å². The molecule has 3 N–H and O–H groups in total. The van der Waals surface area contributed by atoms with Crippen LogP contribution >= 0.6 is 0 Å². The van der Waals surface area contributed by atoms with E-state index in [2.05, 4.69) is 16.0 Å². The van der Waals surface area contributed by atoms with Gasteiger partial charge in [0.25, 0.3) is 5.91 Å². The first kappa shape index (κ1) is 17.6. The molecule has 0 unspecified atom stereocenters. The zero-order chi connectivity index (χ0) is 17.5. The molecule has 0 aliphatic carbocycles. The minimum Gasteiger partial charge on any atom is -0.353 e. The van der Waals surface area contributed by atoms with Gasteiger partial charge in [-0.1, -0.05) is 0 Å². The molecule has 0 saturated carbocycles. The van der Waals surface area contributed by atoms with Crippen LogP contribution in [-0.2, 0) is 6.54 Å². The third-order valence-corrected chi connectivity index (χ3v) is 3.48. The van der Waals surface area contributed by atoms with E-state index in [4.69, 9.17) is 0 Å². The van der Waals surface area contributed by atoms with Crippen molar-refractivity contribution in [2.24, 2.45) is 0 Å². The number of aromatic nitrogens is 1. The number of urea groups is 1. The molecule has 0 aliphatic rings. The van der Waals surface area contributed by atoms with Crippen molar-refractivity contribution in [2.45, 2.75) is 33.4 Å². The zero-order valence-electron chi connectivity index (χ0n) is 14.3. The molecular weight excluding hydrogens is 304 g/mol. The number of nitrogens with one attached hydrogen (secondary N) is 3. The summed E-state index contributed by atoms with van der Waals surface area (Å²) in [6, 6.07) is 8.94. The second kappa shape index (κ2) is 8.19. The molecule has 2 rings (SSSR count). The van der Waals surface area contributed by atoms with Gasteiger partial charge in [-0.2, -0.15) is 0 Å². The fourth-order valence-corrected chi connectivity index (χ4v) is 2.27. The van der Waals surface area contributed by atoms with E-state index in [9.17, 15) is 9.59 Å². The number of carbonyl (C=O) groups is 2. The Kier molecular flexibility index (Phi) is 6.01. The molecule has 0 radical (unpaired) electrons. The molecule has 24 heavy (non-hydrogen) atoms. The Morgan fingerprint density at radius 1 is 1.17 bits per heavy atom. The summed E-state index contributed by atoms with van der Waals surface area (Å²) in [5.41, 5.74) is 2.11. The van der Waals surface area contributed by atoms with Crippen molar-refractivity contribution in [3.05, 3.63) is 53.9 Å². The molecule has 0 saturated heterocycles. The van der Waals surface area contributed by atoms with Crippen LogP contribution in [0.15, 0.2) is 42.7 Å². The summed E-state index contributed by atoms with van der Waals surface area (Å²) in [5, 5.41) is 8.46. The lowest BCUT2D eigenvalue weighted by atomic mass is 10.1. The first-order valence-electron chi connectivity index (χ1n) is 8.03. The third-order valence-electron chi connectivity index (χ3n) is 3.48. The number of anilines is 1. The topological polar surface area (TPSA) is 75.2 Å². The lowest BCUT2D eigenvalue weighted by Crippen LogP contribution is -2.32. The van der Waals surface area contributed by atoms with Crippen molar-refractivity contribution in [1.29, 1.82) is 0 Å². The van der Waals surface area contributed by atoms with Crippen LogP contribution in [0.1, 0.15) is 29.8 Å². The Morgan fingerprint density at radius 3 is 2.50 bits per heavy atom. The number of carbonyl (C=O) groups excluding carboxylic acids is 2. The van der Waals surface area contributed by atoms with E-state index < -0.39 is 0 Å². The summed E-state index contributed by atoms with van der Waals surface area (Å²) < 4.78 is 1.99. The third kappa shape index (κ3) is 5.15. The second-order valence-electron chi connectivity index (χ2n) is 5.96. The summed E-state index contributed by atoms with van der Waals surface area (Å²) in [6.45, 7) is 6.95. The van der Waals surface area contributed by atoms with Crippen LogP contribution in [0.2, 0.25) is 0 Å². The Hall–Kier alpha value is -2.76. The molecule has 1 aromatic heterocycles. The molecule has 1 heterocycles.